The summed E-state index contributed by atoms with van der Waals surface area (Å²) < 4.78 is 5.86. The molecular formula is C11H23NO. The maximum absolute atomic E-state index is 5.86. The van der Waals surface area contributed by atoms with Gasteiger partial charge in [-0.25, -0.2) is 0 Å². The predicted octanol–water partition coefficient (Wildman–Crippen LogP) is 2.19. The molecule has 1 aliphatic heterocycles. The van der Waals surface area contributed by atoms with E-state index in [1.807, 2.05) is 0 Å². The van der Waals surface area contributed by atoms with Gasteiger partial charge < -0.3 is 10.1 Å². The van der Waals surface area contributed by atoms with Gasteiger partial charge in [-0.15, -0.1) is 0 Å². The fraction of sp³-hybridized carbons (Fsp3) is 1.00. The first-order valence-electron chi connectivity index (χ1n) is 5.65. The topological polar surface area (TPSA) is 21.3 Å². The van der Waals surface area contributed by atoms with Crippen LogP contribution in [0.2, 0.25) is 0 Å². The molecule has 0 radical (unpaired) electrons. The summed E-state index contributed by atoms with van der Waals surface area (Å²) >= 11 is 0. The van der Waals surface area contributed by atoms with Crippen molar-refractivity contribution in [2.75, 3.05) is 19.7 Å². The third-order valence-electron chi connectivity index (χ3n) is 2.68. The number of ether oxygens (including phenoxy) is 1. The molecular weight excluding hydrogens is 162 g/mol. The molecule has 1 atom stereocenters. The fourth-order valence-corrected chi connectivity index (χ4v) is 1.84. The fourth-order valence-electron chi connectivity index (χ4n) is 1.84. The molecule has 0 aromatic rings. The van der Waals surface area contributed by atoms with Crippen LogP contribution in [0.1, 0.15) is 39.5 Å². The first kappa shape index (κ1) is 11.0. The standard InChI is InChI=1S/C11H23NO/c1-3-4-10(2)9-13-11-5-7-12-8-6-11/h10-12H,3-9H2,1-2H3. The first-order valence-corrected chi connectivity index (χ1v) is 5.65. The van der Waals surface area contributed by atoms with E-state index in [1.54, 1.807) is 0 Å². The van der Waals surface area contributed by atoms with E-state index in [-0.39, 0.29) is 0 Å². The van der Waals surface area contributed by atoms with Crippen LogP contribution in [0.25, 0.3) is 0 Å². The molecule has 1 heterocycles. The molecule has 0 spiro atoms. The highest BCUT2D eigenvalue weighted by Gasteiger charge is 2.13. The third kappa shape index (κ3) is 4.63. The lowest BCUT2D eigenvalue weighted by molar-refractivity contribution is 0.0134. The van der Waals surface area contributed by atoms with Gasteiger partial charge in [-0.05, 0) is 38.3 Å². The van der Waals surface area contributed by atoms with Crippen LogP contribution in [0, 0.1) is 5.92 Å². The van der Waals surface area contributed by atoms with Crippen molar-refractivity contribution in [3.63, 3.8) is 0 Å². The average molecular weight is 185 g/mol. The van der Waals surface area contributed by atoms with Crippen molar-refractivity contribution in [2.24, 2.45) is 5.92 Å². The van der Waals surface area contributed by atoms with Crippen LogP contribution in [0.15, 0.2) is 0 Å². The maximum atomic E-state index is 5.86. The Morgan fingerprint density at radius 1 is 1.38 bits per heavy atom. The van der Waals surface area contributed by atoms with E-state index in [2.05, 4.69) is 19.2 Å². The summed E-state index contributed by atoms with van der Waals surface area (Å²) in [5, 5.41) is 3.35. The smallest absolute Gasteiger partial charge is 0.0599 e. The van der Waals surface area contributed by atoms with Gasteiger partial charge in [0.25, 0.3) is 0 Å². The first-order chi connectivity index (χ1) is 6.33. The Bertz CT molecular complexity index is 121. The Balaban J connectivity index is 2.03. The van der Waals surface area contributed by atoms with Crippen molar-refractivity contribution in [2.45, 2.75) is 45.6 Å². The van der Waals surface area contributed by atoms with Gasteiger partial charge in [-0.1, -0.05) is 20.3 Å². The van der Waals surface area contributed by atoms with Crippen LogP contribution in [-0.2, 0) is 4.74 Å². The molecule has 13 heavy (non-hydrogen) atoms. The largest absolute Gasteiger partial charge is 0.378 e. The maximum Gasteiger partial charge on any atom is 0.0599 e. The van der Waals surface area contributed by atoms with E-state index < -0.39 is 0 Å². The van der Waals surface area contributed by atoms with E-state index in [4.69, 9.17) is 4.74 Å². The van der Waals surface area contributed by atoms with Gasteiger partial charge in [0.2, 0.25) is 0 Å². The molecule has 2 nitrogen and oxygen atoms in total. The van der Waals surface area contributed by atoms with Gasteiger partial charge in [0.1, 0.15) is 0 Å². The molecule has 0 saturated carbocycles. The summed E-state index contributed by atoms with van der Waals surface area (Å²) in [7, 11) is 0. The Hall–Kier alpha value is -0.0800. The average Bonchev–Trinajstić information content (AvgIpc) is 2.17. The molecule has 1 aliphatic rings. The number of hydrogen-bond donors (Lipinski definition) is 1. The summed E-state index contributed by atoms with van der Waals surface area (Å²) in [6, 6.07) is 0. The lowest BCUT2D eigenvalue weighted by atomic mass is 10.1. The van der Waals surface area contributed by atoms with Gasteiger partial charge in [-0.3, -0.25) is 0 Å². The van der Waals surface area contributed by atoms with Crippen LogP contribution in [0.4, 0.5) is 0 Å². The summed E-state index contributed by atoms with van der Waals surface area (Å²) in [4.78, 5) is 0. The van der Waals surface area contributed by atoms with E-state index in [0.29, 0.717) is 6.10 Å². The SMILES string of the molecule is CCCC(C)COC1CCNCC1. The van der Waals surface area contributed by atoms with Gasteiger partial charge in [0.15, 0.2) is 0 Å². The minimum atomic E-state index is 0.528. The van der Waals surface area contributed by atoms with Crippen LogP contribution in [-0.4, -0.2) is 25.8 Å². The van der Waals surface area contributed by atoms with E-state index in [1.165, 1.54) is 25.7 Å². The van der Waals surface area contributed by atoms with Crippen LogP contribution in [0.5, 0.6) is 0 Å². The number of rotatable bonds is 5. The highest BCUT2D eigenvalue weighted by molar-refractivity contribution is 4.68. The Kier molecular flexibility index (Phi) is 5.40. The monoisotopic (exact) mass is 185 g/mol. The molecule has 0 bridgehead atoms. The van der Waals surface area contributed by atoms with Crippen molar-refractivity contribution in [3.05, 3.63) is 0 Å². The molecule has 1 rings (SSSR count). The van der Waals surface area contributed by atoms with Crippen molar-refractivity contribution < 1.29 is 4.74 Å². The second-order valence-electron chi connectivity index (χ2n) is 4.18. The minimum Gasteiger partial charge on any atom is -0.378 e. The van der Waals surface area contributed by atoms with Gasteiger partial charge >= 0.3 is 0 Å². The second-order valence-corrected chi connectivity index (χ2v) is 4.18. The summed E-state index contributed by atoms with van der Waals surface area (Å²) in [6.45, 7) is 7.74. The zero-order valence-electron chi connectivity index (χ0n) is 9.01. The molecule has 1 saturated heterocycles. The van der Waals surface area contributed by atoms with E-state index >= 15 is 0 Å². The van der Waals surface area contributed by atoms with Crippen LogP contribution < -0.4 is 5.32 Å². The van der Waals surface area contributed by atoms with E-state index in [9.17, 15) is 0 Å². The normalized spacial score (nSPS) is 21.7. The van der Waals surface area contributed by atoms with E-state index in [0.717, 1.165) is 25.6 Å². The van der Waals surface area contributed by atoms with Crippen molar-refractivity contribution >= 4 is 0 Å². The minimum absolute atomic E-state index is 0.528. The highest BCUT2D eigenvalue weighted by Crippen LogP contribution is 2.11. The summed E-state index contributed by atoms with van der Waals surface area (Å²) in [5.74, 6) is 0.736. The number of piperidine rings is 1. The van der Waals surface area contributed by atoms with Crippen LogP contribution in [0.3, 0.4) is 0 Å². The lowest BCUT2D eigenvalue weighted by Gasteiger charge is -2.24. The molecule has 2 heteroatoms. The van der Waals surface area contributed by atoms with Crippen molar-refractivity contribution in [1.82, 2.24) is 5.32 Å². The highest BCUT2D eigenvalue weighted by atomic mass is 16.5. The third-order valence-corrected chi connectivity index (χ3v) is 2.68. The summed E-state index contributed by atoms with van der Waals surface area (Å²) in [5.41, 5.74) is 0. The molecule has 0 aromatic carbocycles. The molecule has 0 aliphatic carbocycles. The zero-order valence-corrected chi connectivity index (χ0v) is 9.01. The summed E-state index contributed by atoms with van der Waals surface area (Å²) in [6.07, 6.45) is 5.49. The quantitative estimate of drug-likeness (QED) is 0.709. The zero-order chi connectivity index (χ0) is 9.52. The van der Waals surface area contributed by atoms with Gasteiger partial charge in [0, 0.05) is 6.61 Å². The molecule has 78 valence electrons. The molecule has 1 fully saturated rings. The van der Waals surface area contributed by atoms with Gasteiger partial charge in [-0.2, -0.15) is 0 Å². The lowest BCUT2D eigenvalue weighted by Crippen LogP contribution is -2.33. The Morgan fingerprint density at radius 3 is 2.69 bits per heavy atom. The molecule has 1 N–H and O–H groups in total. The van der Waals surface area contributed by atoms with Crippen LogP contribution >= 0.6 is 0 Å². The molecule has 0 aromatic heterocycles. The predicted molar refractivity (Wildman–Crippen MR) is 55.9 cm³/mol. The molecule has 1 unspecified atom stereocenters. The Morgan fingerprint density at radius 2 is 2.08 bits per heavy atom. The van der Waals surface area contributed by atoms with Crippen molar-refractivity contribution in [3.8, 4) is 0 Å². The van der Waals surface area contributed by atoms with Crippen molar-refractivity contribution in [1.29, 1.82) is 0 Å². The van der Waals surface area contributed by atoms with Gasteiger partial charge in [0.05, 0.1) is 6.10 Å². The number of nitrogens with one attached hydrogen (secondary N) is 1. The number of hydrogen-bond acceptors (Lipinski definition) is 2. The Labute approximate surface area is 82.0 Å². The second kappa shape index (κ2) is 6.39. The molecule has 0 amide bonds.